The Morgan fingerprint density at radius 2 is 2.26 bits per heavy atom. The van der Waals surface area contributed by atoms with E-state index in [4.69, 9.17) is 0 Å². The third kappa shape index (κ3) is 4.82. The van der Waals surface area contributed by atoms with E-state index in [1.165, 1.54) is 12.1 Å². The molecule has 27 heavy (non-hydrogen) atoms. The lowest BCUT2D eigenvalue weighted by Crippen LogP contribution is -2.35. The Labute approximate surface area is 167 Å². The summed E-state index contributed by atoms with van der Waals surface area (Å²) in [5.74, 6) is -0.248. The molecule has 0 aromatic carbocycles. The zero-order chi connectivity index (χ0) is 19.6. The predicted molar refractivity (Wildman–Crippen MR) is 105 cm³/mol. The minimum Gasteiger partial charge on any atom is -0.345 e. The van der Waals surface area contributed by atoms with Crippen molar-refractivity contribution in [2.75, 3.05) is 13.6 Å². The molecule has 2 aliphatic rings. The van der Waals surface area contributed by atoms with E-state index in [1.54, 1.807) is 4.90 Å². The second kappa shape index (κ2) is 8.19. The number of amides is 1. The zero-order valence-electron chi connectivity index (χ0n) is 15.5. The van der Waals surface area contributed by atoms with Gasteiger partial charge in [-0.2, -0.15) is 0 Å². The van der Waals surface area contributed by atoms with Crippen LogP contribution in [0, 0.1) is 11.2 Å². The van der Waals surface area contributed by atoms with Gasteiger partial charge in [-0.15, -0.1) is 6.58 Å². The van der Waals surface area contributed by atoms with E-state index in [0.717, 1.165) is 25.7 Å². The highest BCUT2D eigenvalue weighted by atomic mass is 79.9. The number of unbranched alkanes of at least 4 members (excludes halogenated alkanes) is 1. The molecule has 1 aliphatic heterocycles. The van der Waals surface area contributed by atoms with Crippen LogP contribution in [0.15, 0.2) is 29.4 Å². The Kier molecular flexibility index (Phi) is 6.11. The standard InChI is InChI=1S/C20H25BrFN3O2/c1-3-4-5-6-19(27)25(2)12-20-10-15(24-17(20)11-20)16(26)9-14-7-13(22)8-18(21)23-14/h3,7-8,15,17,24H,1,4-6,9-12H2,2H3/t15-,17+,20-/m0/s1. The first-order valence-corrected chi connectivity index (χ1v) is 10.1. The van der Waals surface area contributed by atoms with Gasteiger partial charge in [0.15, 0.2) is 5.78 Å². The average molecular weight is 438 g/mol. The smallest absolute Gasteiger partial charge is 0.222 e. The van der Waals surface area contributed by atoms with Crippen molar-refractivity contribution in [2.24, 2.45) is 5.41 Å². The number of rotatable bonds is 9. The summed E-state index contributed by atoms with van der Waals surface area (Å²) < 4.78 is 13.9. The van der Waals surface area contributed by atoms with E-state index in [1.807, 2.05) is 13.1 Å². The van der Waals surface area contributed by atoms with Gasteiger partial charge in [0.05, 0.1) is 18.2 Å². The molecule has 3 rings (SSSR count). The number of hydrogen-bond donors (Lipinski definition) is 1. The van der Waals surface area contributed by atoms with E-state index < -0.39 is 5.82 Å². The van der Waals surface area contributed by atoms with Gasteiger partial charge in [-0.3, -0.25) is 9.59 Å². The Balaban J connectivity index is 1.53. The number of pyridine rings is 1. The first-order chi connectivity index (χ1) is 12.8. The maximum Gasteiger partial charge on any atom is 0.222 e. The summed E-state index contributed by atoms with van der Waals surface area (Å²) in [5, 5.41) is 3.38. The minimum absolute atomic E-state index is 0.000870. The molecule has 1 aliphatic carbocycles. The number of nitrogens with zero attached hydrogens (tertiary/aromatic N) is 2. The molecule has 0 radical (unpaired) electrons. The molecule has 0 bridgehead atoms. The summed E-state index contributed by atoms with van der Waals surface area (Å²) in [6.07, 6.45) is 5.83. The first-order valence-electron chi connectivity index (χ1n) is 9.28. The summed E-state index contributed by atoms with van der Waals surface area (Å²) in [4.78, 5) is 30.8. The molecule has 1 amide bonds. The van der Waals surface area contributed by atoms with Gasteiger partial charge in [-0.05, 0) is 47.7 Å². The number of Topliss-reactive ketones (excluding diaryl/α,β-unsaturated/α-hetero) is 1. The maximum atomic E-state index is 13.5. The van der Waals surface area contributed by atoms with Crippen molar-refractivity contribution in [3.05, 3.63) is 40.9 Å². The highest BCUT2D eigenvalue weighted by molar-refractivity contribution is 9.10. The maximum absolute atomic E-state index is 13.5. The van der Waals surface area contributed by atoms with Gasteiger partial charge < -0.3 is 10.2 Å². The van der Waals surface area contributed by atoms with Gasteiger partial charge in [0.1, 0.15) is 10.4 Å². The Hall–Kier alpha value is -1.60. The Morgan fingerprint density at radius 1 is 1.48 bits per heavy atom. The molecule has 7 heteroatoms. The third-order valence-electron chi connectivity index (χ3n) is 5.54. The lowest BCUT2D eigenvalue weighted by molar-refractivity contribution is -0.130. The monoisotopic (exact) mass is 437 g/mol. The average Bonchev–Trinajstić information content (AvgIpc) is 3.13. The SMILES string of the molecule is C=CCCCC(=O)N(C)C[C@@]12C[C@@H](C(=O)Cc3cc(F)cc(Br)n3)N[C@@H]1C2. The number of carbonyl (C=O) groups is 2. The minimum atomic E-state index is -0.407. The molecule has 146 valence electrons. The molecule has 1 N–H and O–H groups in total. The van der Waals surface area contributed by atoms with E-state index in [0.29, 0.717) is 23.3 Å². The number of fused-ring (bicyclic) bond motifs is 1. The van der Waals surface area contributed by atoms with Crippen molar-refractivity contribution < 1.29 is 14.0 Å². The quantitative estimate of drug-likeness (QED) is 0.366. The normalized spacial score (nSPS) is 25.7. The Bertz CT molecular complexity index is 736. The van der Waals surface area contributed by atoms with Crippen LogP contribution in [-0.2, 0) is 16.0 Å². The van der Waals surface area contributed by atoms with Gasteiger partial charge >= 0.3 is 0 Å². The van der Waals surface area contributed by atoms with Crippen molar-refractivity contribution >= 4 is 27.6 Å². The molecule has 2 fully saturated rings. The van der Waals surface area contributed by atoms with E-state index in [9.17, 15) is 14.0 Å². The van der Waals surface area contributed by atoms with Crippen LogP contribution in [0.1, 0.15) is 37.8 Å². The first kappa shape index (κ1) is 20.1. The molecule has 1 aromatic heterocycles. The lowest BCUT2D eigenvalue weighted by atomic mass is 9.95. The van der Waals surface area contributed by atoms with Crippen LogP contribution in [0.25, 0.3) is 0 Å². The second-order valence-electron chi connectivity index (χ2n) is 7.72. The summed E-state index contributed by atoms with van der Waals surface area (Å²) >= 11 is 3.15. The number of nitrogens with one attached hydrogen (secondary N) is 1. The molecule has 5 nitrogen and oxygen atoms in total. The van der Waals surface area contributed by atoms with Crippen LogP contribution in [0.5, 0.6) is 0 Å². The van der Waals surface area contributed by atoms with Gasteiger partial charge in [-0.1, -0.05) is 6.08 Å². The van der Waals surface area contributed by atoms with E-state index in [2.05, 4.69) is 32.8 Å². The molecule has 1 saturated heterocycles. The fourth-order valence-electron chi connectivity index (χ4n) is 4.02. The van der Waals surface area contributed by atoms with Gasteiger partial charge in [0, 0.05) is 37.5 Å². The molecular weight excluding hydrogens is 413 g/mol. The van der Waals surface area contributed by atoms with Crippen molar-refractivity contribution in [1.29, 1.82) is 0 Å². The van der Waals surface area contributed by atoms with E-state index >= 15 is 0 Å². The molecule has 3 atom stereocenters. The number of carbonyl (C=O) groups excluding carboxylic acids is 2. The highest BCUT2D eigenvalue weighted by Gasteiger charge is 2.61. The van der Waals surface area contributed by atoms with Crippen molar-refractivity contribution in [1.82, 2.24) is 15.2 Å². The molecule has 1 saturated carbocycles. The van der Waals surface area contributed by atoms with Crippen LogP contribution in [0.4, 0.5) is 4.39 Å². The molecular formula is C20H25BrFN3O2. The molecule has 1 aromatic rings. The largest absolute Gasteiger partial charge is 0.345 e. The fraction of sp³-hybridized carbons (Fsp3) is 0.550. The summed E-state index contributed by atoms with van der Waals surface area (Å²) in [6.45, 7) is 4.35. The molecule has 0 spiro atoms. The van der Waals surface area contributed by atoms with Crippen LogP contribution in [0.3, 0.4) is 0 Å². The number of allylic oxidation sites excluding steroid dienone is 1. The summed E-state index contributed by atoms with van der Waals surface area (Å²) in [7, 11) is 1.84. The lowest BCUT2D eigenvalue weighted by Gasteiger charge is -2.23. The van der Waals surface area contributed by atoms with Crippen molar-refractivity contribution in [3.8, 4) is 0 Å². The second-order valence-corrected chi connectivity index (χ2v) is 8.53. The fourth-order valence-corrected chi connectivity index (χ4v) is 4.47. The number of hydrogen-bond acceptors (Lipinski definition) is 4. The highest BCUT2D eigenvalue weighted by Crippen LogP contribution is 2.55. The summed E-state index contributed by atoms with van der Waals surface area (Å²) in [5.41, 5.74) is 0.428. The van der Waals surface area contributed by atoms with Gasteiger partial charge in [-0.25, -0.2) is 9.37 Å². The zero-order valence-corrected chi connectivity index (χ0v) is 17.1. The van der Waals surface area contributed by atoms with E-state index in [-0.39, 0.29) is 35.6 Å². The van der Waals surface area contributed by atoms with Gasteiger partial charge in [0.2, 0.25) is 5.91 Å². The van der Waals surface area contributed by atoms with Crippen LogP contribution in [0.2, 0.25) is 0 Å². The number of halogens is 2. The van der Waals surface area contributed by atoms with Crippen LogP contribution in [-0.4, -0.2) is 47.3 Å². The summed E-state index contributed by atoms with van der Waals surface area (Å²) in [6, 6.07) is 2.59. The number of aromatic nitrogens is 1. The predicted octanol–water partition coefficient (Wildman–Crippen LogP) is 3.03. The van der Waals surface area contributed by atoms with Crippen molar-refractivity contribution in [2.45, 2.75) is 50.6 Å². The third-order valence-corrected chi connectivity index (χ3v) is 5.94. The Morgan fingerprint density at radius 3 is 2.96 bits per heavy atom. The van der Waals surface area contributed by atoms with Crippen molar-refractivity contribution in [3.63, 3.8) is 0 Å². The van der Waals surface area contributed by atoms with Crippen LogP contribution < -0.4 is 5.32 Å². The number of ketones is 1. The number of piperidine rings is 1. The topological polar surface area (TPSA) is 62.3 Å². The molecule has 2 heterocycles. The van der Waals surface area contributed by atoms with Gasteiger partial charge in [0.25, 0.3) is 0 Å². The van der Waals surface area contributed by atoms with Crippen LogP contribution >= 0.6 is 15.9 Å². The molecule has 0 unspecified atom stereocenters.